The quantitative estimate of drug-likeness (QED) is 0.619. The first-order valence-corrected chi connectivity index (χ1v) is 6.92. The molecule has 1 saturated heterocycles. The number of nitrogens with zero attached hydrogens (tertiary/aromatic N) is 1. The average Bonchev–Trinajstić information content (AvgIpc) is 3.17. The first-order valence-electron chi connectivity index (χ1n) is 6.92. The second kappa shape index (κ2) is 3.79. The van der Waals surface area contributed by atoms with E-state index >= 15 is 0 Å². The summed E-state index contributed by atoms with van der Waals surface area (Å²) in [5.41, 5.74) is 0.430. The van der Waals surface area contributed by atoms with Gasteiger partial charge in [-0.1, -0.05) is 24.3 Å². The summed E-state index contributed by atoms with van der Waals surface area (Å²) in [6.45, 7) is 3.34. The van der Waals surface area contributed by atoms with Crippen LogP contribution in [0.2, 0.25) is 0 Å². The predicted molar refractivity (Wildman–Crippen MR) is 71.8 cm³/mol. The van der Waals surface area contributed by atoms with Crippen molar-refractivity contribution in [2.45, 2.75) is 30.5 Å². The topological polar surface area (TPSA) is 39.3 Å². The lowest BCUT2D eigenvalue weighted by atomic mass is 10.0. The summed E-state index contributed by atoms with van der Waals surface area (Å²) < 4.78 is 0. The van der Waals surface area contributed by atoms with Crippen LogP contribution in [-0.2, 0) is 0 Å². The third-order valence-electron chi connectivity index (χ3n) is 4.43. The highest BCUT2D eigenvalue weighted by molar-refractivity contribution is 5.26. The van der Waals surface area contributed by atoms with Crippen molar-refractivity contribution >= 4 is 0 Å². The van der Waals surface area contributed by atoms with Crippen molar-refractivity contribution in [3.8, 4) is 0 Å². The van der Waals surface area contributed by atoms with Crippen molar-refractivity contribution < 1.29 is 0 Å². The summed E-state index contributed by atoms with van der Waals surface area (Å²) in [5.74, 6) is 1.25. The van der Waals surface area contributed by atoms with Crippen molar-refractivity contribution in [3.05, 3.63) is 36.3 Å². The molecule has 0 aromatic carbocycles. The molecular weight excluding hydrogens is 224 g/mol. The van der Waals surface area contributed by atoms with Crippen molar-refractivity contribution in [1.29, 1.82) is 0 Å². The molecule has 1 saturated carbocycles. The summed E-state index contributed by atoms with van der Waals surface area (Å²) in [6, 6.07) is 0.789. The van der Waals surface area contributed by atoms with Crippen LogP contribution in [0, 0.1) is 0 Å². The van der Waals surface area contributed by atoms with Gasteiger partial charge in [0.15, 0.2) is 0 Å². The van der Waals surface area contributed by atoms with Gasteiger partial charge in [0.2, 0.25) is 0 Å². The first-order chi connectivity index (χ1) is 8.85. The number of allylic oxidation sites excluding steroid dienone is 2. The van der Waals surface area contributed by atoms with Gasteiger partial charge in [-0.05, 0) is 12.8 Å². The van der Waals surface area contributed by atoms with E-state index in [4.69, 9.17) is 0 Å². The van der Waals surface area contributed by atoms with Crippen LogP contribution in [-0.4, -0.2) is 42.2 Å². The minimum Gasteiger partial charge on any atom is -0.379 e. The number of rotatable bonds is 1. The predicted octanol–water partition coefficient (Wildman–Crippen LogP) is 0.279. The number of hydrogen-bond acceptors (Lipinski definition) is 4. The van der Waals surface area contributed by atoms with Crippen LogP contribution in [0.5, 0.6) is 0 Å². The normalized spacial score (nSPS) is 35.6. The van der Waals surface area contributed by atoms with E-state index in [0.29, 0.717) is 17.6 Å². The lowest BCUT2D eigenvalue weighted by molar-refractivity contribution is 0.210. The minimum atomic E-state index is 0.389. The molecule has 0 aromatic rings. The molecule has 0 aromatic heterocycles. The molecule has 4 aliphatic rings. The fourth-order valence-corrected chi connectivity index (χ4v) is 3.12. The van der Waals surface area contributed by atoms with Crippen LogP contribution in [0.15, 0.2) is 36.3 Å². The Hall–Kier alpha value is -1.42. The molecular formula is C14H20N4. The lowest BCUT2D eigenvalue weighted by Gasteiger charge is -2.41. The minimum absolute atomic E-state index is 0.389. The van der Waals surface area contributed by atoms with E-state index in [-0.39, 0.29) is 0 Å². The maximum atomic E-state index is 3.65. The van der Waals surface area contributed by atoms with Gasteiger partial charge in [0.1, 0.15) is 5.82 Å². The van der Waals surface area contributed by atoms with Gasteiger partial charge < -0.3 is 20.9 Å². The maximum Gasteiger partial charge on any atom is 0.118 e. The Morgan fingerprint density at radius 3 is 2.83 bits per heavy atom. The van der Waals surface area contributed by atoms with Gasteiger partial charge in [0.05, 0.1) is 12.1 Å². The van der Waals surface area contributed by atoms with E-state index in [9.17, 15) is 0 Å². The smallest absolute Gasteiger partial charge is 0.118 e. The lowest BCUT2D eigenvalue weighted by Crippen LogP contribution is -2.58. The van der Waals surface area contributed by atoms with E-state index in [1.54, 1.807) is 0 Å². The Kier molecular flexibility index (Phi) is 2.21. The molecule has 4 heteroatoms. The highest BCUT2D eigenvalue weighted by Crippen LogP contribution is 2.38. The maximum absolute atomic E-state index is 3.65. The summed E-state index contributed by atoms with van der Waals surface area (Å²) in [6.07, 6.45) is 13.5. The molecule has 0 bridgehead atoms. The summed E-state index contributed by atoms with van der Waals surface area (Å²) in [7, 11) is 0. The van der Waals surface area contributed by atoms with Crippen LogP contribution in [0.1, 0.15) is 12.8 Å². The van der Waals surface area contributed by atoms with Crippen molar-refractivity contribution in [1.82, 2.24) is 20.9 Å². The van der Waals surface area contributed by atoms with E-state index in [2.05, 4.69) is 51.4 Å². The van der Waals surface area contributed by atoms with Crippen LogP contribution in [0.25, 0.3) is 0 Å². The summed E-state index contributed by atoms with van der Waals surface area (Å²) in [4.78, 5) is 2.48. The van der Waals surface area contributed by atoms with E-state index in [0.717, 1.165) is 19.6 Å². The fraction of sp³-hybridized carbons (Fsp3) is 0.571. The molecule has 2 aliphatic heterocycles. The number of fused-ring (bicyclic) bond motifs is 1. The van der Waals surface area contributed by atoms with E-state index in [1.807, 2.05) is 0 Å². The molecule has 0 radical (unpaired) electrons. The molecule has 2 heterocycles. The molecule has 4 nitrogen and oxygen atoms in total. The van der Waals surface area contributed by atoms with Gasteiger partial charge in [0.25, 0.3) is 0 Å². The fourth-order valence-electron chi connectivity index (χ4n) is 3.12. The Labute approximate surface area is 108 Å². The van der Waals surface area contributed by atoms with Gasteiger partial charge in [-0.15, -0.1) is 0 Å². The molecule has 1 spiro atoms. The van der Waals surface area contributed by atoms with Gasteiger partial charge in [-0.25, -0.2) is 0 Å². The third-order valence-corrected chi connectivity index (χ3v) is 4.43. The summed E-state index contributed by atoms with van der Waals surface area (Å²) in [5, 5.41) is 10.8. The molecule has 96 valence electrons. The Morgan fingerprint density at radius 1 is 1.17 bits per heavy atom. The molecule has 2 aliphatic carbocycles. The van der Waals surface area contributed by atoms with Gasteiger partial charge >= 0.3 is 0 Å². The zero-order chi connectivity index (χ0) is 12.0. The van der Waals surface area contributed by atoms with Gasteiger partial charge in [0, 0.05) is 31.4 Å². The Bertz CT molecular complexity index is 433. The Balaban J connectivity index is 1.50. The van der Waals surface area contributed by atoms with Crippen LogP contribution < -0.4 is 16.0 Å². The molecule has 0 amide bonds. The zero-order valence-corrected chi connectivity index (χ0v) is 10.5. The molecule has 18 heavy (non-hydrogen) atoms. The zero-order valence-electron chi connectivity index (χ0n) is 10.5. The van der Waals surface area contributed by atoms with Gasteiger partial charge in [-0.3, -0.25) is 0 Å². The largest absolute Gasteiger partial charge is 0.379 e. The number of nitrogens with one attached hydrogen (secondary N) is 3. The van der Waals surface area contributed by atoms with Gasteiger partial charge in [-0.2, -0.15) is 0 Å². The highest BCUT2D eigenvalue weighted by atomic mass is 15.3. The third kappa shape index (κ3) is 1.72. The second-order valence-corrected chi connectivity index (χ2v) is 5.79. The van der Waals surface area contributed by atoms with E-state index in [1.165, 1.54) is 18.7 Å². The standard InChI is InChI=1S/C14H20N4/c1-2-4-12-11(3-1)15-9-13(17-12)18-8-7-16-14(10-18)5-6-14/h1-4,9,11-12,15-17H,5-8,10H2. The molecule has 4 rings (SSSR count). The first kappa shape index (κ1) is 10.5. The van der Waals surface area contributed by atoms with Crippen LogP contribution in [0.3, 0.4) is 0 Å². The van der Waals surface area contributed by atoms with Crippen molar-refractivity contribution in [2.24, 2.45) is 0 Å². The van der Waals surface area contributed by atoms with E-state index < -0.39 is 0 Å². The number of hydrogen-bond donors (Lipinski definition) is 3. The second-order valence-electron chi connectivity index (χ2n) is 5.79. The monoisotopic (exact) mass is 244 g/mol. The summed E-state index contributed by atoms with van der Waals surface area (Å²) >= 11 is 0. The molecule has 2 unspecified atom stereocenters. The molecule has 3 N–H and O–H groups in total. The molecule has 2 atom stereocenters. The molecule has 2 fully saturated rings. The van der Waals surface area contributed by atoms with Crippen LogP contribution >= 0.6 is 0 Å². The highest BCUT2D eigenvalue weighted by Gasteiger charge is 2.46. The SMILES string of the molecule is C1=CC2NC=C(N3CCNC4(CC4)C3)NC2C=C1. The van der Waals surface area contributed by atoms with Crippen molar-refractivity contribution in [3.63, 3.8) is 0 Å². The number of piperazine rings is 1. The van der Waals surface area contributed by atoms with Crippen molar-refractivity contribution in [2.75, 3.05) is 19.6 Å². The van der Waals surface area contributed by atoms with Crippen LogP contribution in [0.4, 0.5) is 0 Å². The average molecular weight is 244 g/mol. The Morgan fingerprint density at radius 2 is 2.00 bits per heavy atom.